The van der Waals surface area contributed by atoms with E-state index in [2.05, 4.69) is 49.9 Å². The second-order valence-corrected chi connectivity index (χ2v) is 7.80. The lowest BCUT2D eigenvalue weighted by Gasteiger charge is -2.49. The Bertz CT molecular complexity index is 290. The molecule has 2 aliphatic rings. The van der Waals surface area contributed by atoms with Gasteiger partial charge in [-0.15, -0.1) is 0 Å². The number of hydrogen-bond donors (Lipinski definition) is 1. The van der Waals surface area contributed by atoms with Crippen LogP contribution in [0.5, 0.6) is 0 Å². The molecule has 0 aromatic heterocycles. The van der Waals surface area contributed by atoms with E-state index in [4.69, 9.17) is 0 Å². The Kier molecular flexibility index (Phi) is 5.88. The largest absolute Gasteiger partial charge is 0.311 e. The zero-order valence-electron chi connectivity index (χ0n) is 14.2. The Hall–Kier alpha value is -0.120. The van der Waals surface area contributed by atoms with E-state index in [-0.39, 0.29) is 0 Å². The first kappa shape index (κ1) is 16.3. The molecule has 3 unspecified atom stereocenters. The van der Waals surface area contributed by atoms with Crippen LogP contribution in [0.2, 0.25) is 0 Å². The van der Waals surface area contributed by atoms with E-state index in [1.165, 1.54) is 45.4 Å². The molecule has 3 nitrogen and oxygen atoms in total. The van der Waals surface area contributed by atoms with E-state index >= 15 is 0 Å². The first-order valence-electron chi connectivity index (χ1n) is 8.65. The molecule has 0 saturated carbocycles. The zero-order chi connectivity index (χ0) is 14.7. The van der Waals surface area contributed by atoms with E-state index in [1.54, 1.807) is 0 Å². The highest BCUT2D eigenvalue weighted by molar-refractivity contribution is 4.93. The molecule has 0 aromatic rings. The van der Waals surface area contributed by atoms with Gasteiger partial charge in [-0.05, 0) is 44.7 Å². The van der Waals surface area contributed by atoms with E-state index < -0.39 is 0 Å². The van der Waals surface area contributed by atoms with Gasteiger partial charge in [-0.25, -0.2) is 0 Å². The lowest BCUT2D eigenvalue weighted by Crippen LogP contribution is -2.63. The minimum absolute atomic E-state index is 0.692. The smallest absolute Gasteiger partial charge is 0.0247 e. The molecule has 2 saturated heterocycles. The number of nitrogens with zero attached hydrogens (tertiary/aromatic N) is 2. The van der Waals surface area contributed by atoms with Gasteiger partial charge in [-0.2, -0.15) is 0 Å². The molecule has 3 heteroatoms. The number of likely N-dealkylation sites (N-methyl/N-ethyl adjacent to an activating group) is 1. The number of piperidine rings is 1. The SMILES string of the molecule is CC(C)CC1CN(C2CCCN(C)C2)C(C(C)C)CN1. The molecule has 0 radical (unpaired) electrons. The fourth-order valence-electron chi connectivity index (χ4n) is 4.03. The van der Waals surface area contributed by atoms with E-state index in [1.807, 2.05) is 0 Å². The predicted molar refractivity (Wildman–Crippen MR) is 87.1 cm³/mol. The van der Waals surface area contributed by atoms with Crippen molar-refractivity contribution in [1.82, 2.24) is 15.1 Å². The highest BCUT2D eigenvalue weighted by atomic mass is 15.3. The molecule has 0 aromatic carbocycles. The molecule has 0 spiro atoms. The van der Waals surface area contributed by atoms with Crippen LogP contribution < -0.4 is 5.32 Å². The van der Waals surface area contributed by atoms with Crippen molar-refractivity contribution in [3.63, 3.8) is 0 Å². The maximum absolute atomic E-state index is 3.81. The topological polar surface area (TPSA) is 18.5 Å². The van der Waals surface area contributed by atoms with Crippen molar-refractivity contribution in [3.05, 3.63) is 0 Å². The quantitative estimate of drug-likeness (QED) is 0.854. The van der Waals surface area contributed by atoms with Crippen LogP contribution in [0.25, 0.3) is 0 Å². The van der Waals surface area contributed by atoms with Crippen LogP contribution in [-0.4, -0.2) is 61.2 Å². The number of piperazine rings is 1. The molecule has 20 heavy (non-hydrogen) atoms. The fraction of sp³-hybridized carbons (Fsp3) is 1.00. The number of hydrogen-bond acceptors (Lipinski definition) is 3. The van der Waals surface area contributed by atoms with Crippen LogP contribution in [0.1, 0.15) is 47.0 Å². The zero-order valence-corrected chi connectivity index (χ0v) is 14.2. The second kappa shape index (κ2) is 7.24. The lowest BCUT2D eigenvalue weighted by molar-refractivity contribution is 0.0203. The standard InChI is InChI=1S/C17H35N3/c1-13(2)9-15-11-20(17(10-18-15)14(3)4)16-7-6-8-19(5)12-16/h13-18H,6-12H2,1-5H3. The first-order valence-corrected chi connectivity index (χ1v) is 8.65. The van der Waals surface area contributed by atoms with Crippen molar-refractivity contribution in [1.29, 1.82) is 0 Å². The Morgan fingerprint density at radius 3 is 2.50 bits per heavy atom. The van der Waals surface area contributed by atoms with Gasteiger partial charge in [0.15, 0.2) is 0 Å². The Morgan fingerprint density at radius 2 is 1.90 bits per heavy atom. The van der Waals surface area contributed by atoms with Crippen molar-refractivity contribution >= 4 is 0 Å². The molecular weight excluding hydrogens is 246 g/mol. The molecule has 2 fully saturated rings. The van der Waals surface area contributed by atoms with Gasteiger partial charge in [-0.3, -0.25) is 4.90 Å². The summed E-state index contributed by atoms with van der Waals surface area (Å²) < 4.78 is 0. The summed E-state index contributed by atoms with van der Waals surface area (Å²) in [6.45, 7) is 14.4. The molecule has 0 amide bonds. The van der Waals surface area contributed by atoms with Crippen LogP contribution in [0.15, 0.2) is 0 Å². The van der Waals surface area contributed by atoms with Crippen molar-refractivity contribution in [2.45, 2.75) is 65.1 Å². The third-order valence-electron chi connectivity index (χ3n) is 5.07. The summed E-state index contributed by atoms with van der Waals surface area (Å²) in [7, 11) is 2.28. The molecule has 1 N–H and O–H groups in total. The summed E-state index contributed by atoms with van der Waals surface area (Å²) in [5.41, 5.74) is 0. The van der Waals surface area contributed by atoms with E-state index in [9.17, 15) is 0 Å². The minimum atomic E-state index is 0.692. The van der Waals surface area contributed by atoms with E-state index in [0.29, 0.717) is 6.04 Å². The number of nitrogens with one attached hydrogen (secondary N) is 1. The highest BCUT2D eigenvalue weighted by Crippen LogP contribution is 2.25. The van der Waals surface area contributed by atoms with Gasteiger partial charge in [-0.1, -0.05) is 27.7 Å². The summed E-state index contributed by atoms with van der Waals surface area (Å²) in [6, 6.07) is 2.19. The fourth-order valence-corrected chi connectivity index (χ4v) is 4.03. The maximum Gasteiger partial charge on any atom is 0.0247 e. The third-order valence-corrected chi connectivity index (χ3v) is 5.07. The van der Waals surface area contributed by atoms with Crippen molar-refractivity contribution < 1.29 is 0 Å². The van der Waals surface area contributed by atoms with Gasteiger partial charge in [0.1, 0.15) is 0 Å². The molecule has 0 bridgehead atoms. The van der Waals surface area contributed by atoms with Gasteiger partial charge in [0.2, 0.25) is 0 Å². The molecule has 3 atom stereocenters. The summed E-state index contributed by atoms with van der Waals surface area (Å²) in [4.78, 5) is 5.37. The Balaban J connectivity index is 2.02. The maximum atomic E-state index is 3.81. The molecule has 2 heterocycles. The van der Waals surface area contributed by atoms with Crippen molar-refractivity contribution in [3.8, 4) is 0 Å². The normalized spacial score (nSPS) is 34.0. The van der Waals surface area contributed by atoms with Crippen molar-refractivity contribution in [2.75, 3.05) is 33.2 Å². The average molecular weight is 281 g/mol. The van der Waals surface area contributed by atoms with Gasteiger partial charge < -0.3 is 10.2 Å². The summed E-state index contributed by atoms with van der Waals surface area (Å²) in [5, 5.41) is 3.81. The number of likely N-dealkylation sites (tertiary alicyclic amines) is 1. The van der Waals surface area contributed by atoms with Crippen LogP contribution in [-0.2, 0) is 0 Å². The van der Waals surface area contributed by atoms with Gasteiger partial charge in [0.25, 0.3) is 0 Å². The predicted octanol–water partition coefficient (Wildman–Crippen LogP) is 2.43. The van der Waals surface area contributed by atoms with Gasteiger partial charge >= 0.3 is 0 Å². The van der Waals surface area contributed by atoms with Crippen LogP contribution >= 0.6 is 0 Å². The molecular formula is C17H35N3. The van der Waals surface area contributed by atoms with Gasteiger partial charge in [0.05, 0.1) is 0 Å². The first-order chi connectivity index (χ1) is 9.47. The van der Waals surface area contributed by atoms with Crippen LogP contribution in [0.4, 0.5) is 0 Å². The highest BCUT2D eigenvalue weighted by Gasteiger charge is 2.35. The second-order valence-electron chi connectivity index (χ2n) is 7.80. The van der Waals surface area contributed by atoms with Crippen LogP contribution in [0, 0.1) is 11.8 Å². The molecule has 2 rings (SSSR count). The Labute approximate surface area is 126 Å². The average Bonchev–Trinajstić information content (AvgIpc) is 2.37. The molecule has 2 aliphatic heterocycles. The lowest BCUT2D eigenvalue weighted by atomic mass is 9.91. The van der Waals surface area contributed by atoms with Crippen LogP contribution in [0.3, 0.4) is 0 Å². The molecule has 118 valence electrons. The molecule has 0 aliphatic carbocycles. The third kappa shape index (κ3) is 4.19. The van der Waals surface area contributed by atoms with Crippen molar-refractivity contribution in [2.24, 2.45) is 11.8 Å². The Morgan fingerprint density at radius 1 is 1.15 bits per heavy atom. The summed E-state index contributed by atoms with van der Waals surface area (Å²) >= 11 is 0. The minimum Gasteiger partial charge on any atom is -0.311 e. The summed E-state index contributed by atoms with van der Waals surface area (Å²) in [5.74, 6) is 1.54. The number of rotatable bonds is 4. The van der Waals surface area contributed by atoms with E-state index in [0.717, 1.165) is 23.9 Å². The summed E-state index contributed by atoms with van der Waals surface area (Å²) in [6.07, 6.45) is 4.07. The monoisotopic (exact) mass is 281 g/mol. The van der Waals surface area contributed by atoms with Gasteiger partial charge in [0, 0.05) is 37.8 Å².